The van der Waals surface area contributed by atoms with Crippen molar-refractivity contribution < 1.29 is 41.4 Å². The van der Waals surface area contributed by atoms with Gasteiger partial charge in [-0.15, -0.1) is 0 Å². The Labute approximate surface area is 148 Å². The molecule has 2 aromatic rings. The first-order valence-corrected chi connectivity index (χ1v) is 7.17. The number of anilines is 1. The number of carbonyl (C=O) groups is 1. The first-order valence-electron chi connectivity index (χ1n) is 7.17. The molecule has 1 amide bonds. The van der Waals surface area contributed by atoms with E-state index in [0.29, 0.717) is 12.1 Å². The minimum atomic E-state index is -5.03. The molecule has 0 atom stereocenters. The van der Waals surface area contributed by atoms with Crippen LogP contribution in [-0.2, 0) is 17.1 Å². The van der Waals surface area contributed by atoms with E-state index in [0.717, 1.165) is 24.3 Å². The van der Waals surface area contributed by atoms with E-state index in [-0.39, 0.29) is 11.6 Å². The van der Waals surface area contributed by atoms with Gasteiger partial charge in [0.15, 0.2) is 11.5 Å². The van der Waals surface area contributed by atoms with Gasteiger partial charge in [-0.05, 0) is 42.0 Å². The standard InChI is InChI=1S/C17H11F6NO3/c18-16(19,20)10-6-11(17(21,22)23)8-12(7-10)24-15(27)4-2-9-1-3-13(25)14(26)5-9/h1-8,25-26H,(H,24,27). The average molecular weight is 391 g/mol. The lowest BCUT2D eigenvalue weighted by Gasteiger charge is -2.14. The molecule has 10 heteroatoms. The number of carbonyl (C=O) groups excluding carboxylic acids is 1. The van der Waals surface area contributed by atoms with Crippen molar-refractivity contribution in [3.05, 3.63) is 59.2 Å². The van der Waals surface area contributed by atoms with E-state index in [1.807, 2.05) is 5.32 Å². The minimum Gasteiger partial charge on any atom is -0.504 e. The van der Waals surface area contributed by atoms with Gasteiger partial charge in [0.25, 0.3) is 0 Å². The van der Waals surface area contributed by atoms with Gasteiger partial charge in [-0.25, -0.2) is 0 Å². The van der Waals surface area contributed by atoms with Crippen molar-refractivity contribution in [2.24, 2.45) is 0 Å². The molecule has 27 heavy (non-hydrogen) atoms. The number of nitrogens with one attached hydrogen (secondary N) is 1. The second-order valence-corrected chi connectivity index (χ2v) is 5.37. The van der Waals surface area contributed by atoms with E-state index in [9.17, 15) is 36.2 Å². The maximum absolute atomic E-state index is 12.8. The lowest BCUT2D eigenvalue weighted by molar-refractivity contribution is -0.143. The Morgan fingerprint density at radius 1 is 0.852 bits per heavy atom. The van der Waals surface area contributed by atoms with Gasteiger partial charge in [-0.1, -0.05) is 6.07 Å². The Morgan fingerprint density at radius 2 is 1.41 bits per heavy atom. The van der Waals surface area contributed by atoms with Crippen molar-refractivity contribution in [1.82, 2.24) is 0 Å². The summed E-state index contributed by atoms with van der Waals surface area (Å²) in [6, 6.07) is 4.27. The van der Waals surface area contributed by atoms with E-state index < -0.39 is 46.6 Å². The molecule has 3 N–H and O–H groups in total. The lowest BCUT2D eigenvalue weighted by Crippen LogP contribution is -2.14. The lowest BCUT2D eigenvalue weighted by atomic mass is 10.1. The van der Waals surface area contributed by atoms with Gasteiger partial charge in [0.05, 0.1) is 11.1 Å². The molecular weight excluding hydrogens is 380 g/mol. The highest BCUT2D eigenvalue weighted by atomic mass is 19.4. The van der Waals surface area contributed by atoms with Crippen molar-refractivity contribution in [3.8, 4) is 11.5 Å². The molecule has 0 spiro atoms. The van der Waals surface area contributed by atoms with Crippen molar-refractivity contribution in [2.75, 3.05) is 5.32 Å². The Kier molecular flexibility index (Phi) is 5.38. The highest BCUT2D eigenvalue weighted by Crippen LogP contribution is 2.37. The molecule has 0 saturated heterocycles. The van der Waals surface area contributed by atoms with Gasteiger partial charge in [-0.2, -0.15) is 26.3 Å². The molecule has 4 nitrogen and oxygen atoms in total. The number of halogens is 6. The highest BCUT2D eigenvalue weighted by Gasteiger charge is 2.37. The number of rotatable bonds is 3. The third-order valence-corrected chi connectivity index (χ3v) is 3.28. The maximum atomic E-state index is 12.8. The Bertz CT molecular complexity index is 855. The molecule has 0 unspecified atom stereocenters. The minimum absolute atomic E-state index is 0.0509. The summed E-state index contributed by atoms with van der Waals surface area (Å²) in [5.74, 6) is -1.86. The van der Waals surface area contributed by atoms with Gasteiger partial charge in [0.1, 0.15) is 0 Å². The van der Waals surface area contributed by atoms with Crippen LogP contribution in [-0.4, -0.2) is 16.1 Å². The monoisotopic (exact) mass is 391 g/mol. The average Bonchev–Trinajstić information content (AvgIpc) is 2.54. The molecule has 144 valence electrons. The first kappa shape index (κ1) is 20.1. The van der Waals surface area contributed by atoms with E-state index in [4.69, 9.17) is 5.11 Å². The van der Waals surface area contributed by atoms with E-state index >= 15 is 0 Å². The number of aromatic hydroxyl groups is 2. The zero-order valence-corrected chi connectivity index (χ0v) is 13.2. The van der Waals surface area contributed by atoms with Gasteiger partial charge >= 0.3 is 12.4 Å². The topological polar surface area (TPSA) is 69.6 Å². The SMILES string of the molecule is O=C(C=Cc1ccc(O)c(O)c1)Nc1cc(C(F)(F)F)cc(C(F)(F)F)c1. The number of alkyl halides is 6. The highest BCUT2D eigenvalue weighted by molar-refractivity contribution is 6.02. The number of phenolic OH excluding ortho intramolecular Hbond substituents is 2. The van der Waals surface area contributed by atoms with Crippen molar-refractivity contribution >= 4 is 17.7 Å². The van der Waals surface area contributed by atoms with Crippen molar-refractivity contribution in [2.45, 2.75) is 12.4 Å². The van der Waals surface area contributed by atoms with Gasteiger partial charge < -0.3 is 15.5 Å². The number of hydrogen-bond acceptors (Lipinski definition) is 3. The third-order valence-electron chi connectivity index (χ3n) is 3.28. The molecule has 0 aliphatic heterocycles. The molecule has 0 aliphatic carbocycles. The van der Waals surface area contributed by atoms with Gasteiger partial charge in [0.2, 0.25) is 5.91 Å². The summed E-state index contributed by atoms with van der Waals surface area (Å²) in [6.45, 7) is 0. The Balaban J connectivity index is 2.26. The molecule has 2 aromatic carbocycles. The Hall–Kier alpha value is -3.17. The number of phenols is 2. The molecule has 0 saturated carbocycles. The second-order valence-electron chi connectivity index (χ2n) is 5.37. The summed E-state index contributed by atoms with van der Waals surface area (Å²) < 4.78 is 76.7. The predicted octanol–water partition coefficient (Wildman–Crippen LogP) is 4.79. The maximum Gasteiger partial charge on any atom is 0.416 e. The van der Waals surface area contributed by atoms with Crippen LogP contribution in [0.1, 0.15) is 16.7 Å². The van der Waals surface area contributed by atoms with Crippen LogP contribution in [0.5, 0.6) is 11.5 Å². The quantitative estimate of drug-likeness (QED) is 0.400. The fourth-order valence-electron chi connectivity index (χ4n) is 2.03. The van der Waals surface area contributed by atoms with Gasteiger partial charge in [-0.3, -0.25) is 4.79 Å². The predicted molar refractivity (Wildman–Crippen MR) is 83.9 cm³/mol. The summed E-state index contributed by atoms with van der Waals surface area (Å²) in [7, 11) is 0. The normalized spacial score (nSPS) is 12.4. The molecule has 0 heterocycles. The molecule has 0 bridgehead atoms. The molecular formula is C17H11F6NO3. The number of benzene rings is 2. The van der Waals surface area contributed by atoms with Crippen molar-refractivity contribution in [1.29, 1.82) is 0 Å². The van der Waals surface area contributed by atoms with Crippen LogP contribution in [0.3, 0.4) is 0 Å². The van der Waals surface area contributed by atoms with Gasteiger partial charge in [0, 0.05) is 11.8 Å². The summed E-state index contributed by atoms with van der Waals surface area (Å²) in [4.78, 5) is 11.8. The van der Waals surface area contributed by atoms with E-state index in [1.54, 1.807) is 0 Å². The van der Waals surface area contributed by atoms with E-state index in [2.05, 4.69) is 0 Å². The molecule has 0 aliphatic rings. The molecule has 0 fully saturated rings. The van der Waals surface area contributed by atoms with Crippen LogP contribution >= 0.6 is 0 Å². The van der Waals surface area contributed by atoms with Crippen LogP contribution < -0.4 is 5.32 Å². The number of amides is 1. The summed E-state index contributed by atoms with van der Waals surface area (Å²) in [6.07, 6.45) is -8.06. The van der Waals surface area contributed by atoms with E-state index in [1.165, 1.54) is 6.07 Å². The zero-order valence-electron chi connectivity index (χ0n) is 13.2. The fraction of sp³-hybridized carbons (Fsp3) is 0.118. The van der Waals surface area contributed by atoms with Crippen LogP contribution in [0, 0.1) is 0 Å². The van der Waals surface area contributed by atoms with Crippen LogP contribution in [0.15, 0.2) is 42.5 Å². The number of hydrogen-bond donors (Lipinski definition) is 3. The smallest absolute Gasteiger partial charge is 0.416 e. The molecule has 0 radical (unpaired) electrons. The van der Waals surface area contributed by atoms with Crippen LogP contribution in [0.4, 0.5) is 32.0 Å². The summed E-state index contributed by atoms with van der Waals surface area (Å²) in [5, 5.41) is 20.4. The third kappa shape index (κ3) is 5.40. The second kappa shape index (κ2) is 7.22. The van der Waals surface area contributed by atoms with Crippen molar-refractivity contribution in [3.63, 3.8) is 0 Å². The summed E-state index contributed by atoms with van der Waals surface area (Å²) >= 11 is 0. The Morgan fingerprint density at radius 3 is 1.89 bits per heavy atom. The largest absolute Gasteiger partial charge is 0.504 e. The summed E-state index contributed by atoms with van der Waals surface area (Å²) in [5.41, 5.74) is -3.53. The first-order chi connectivity index (χ1) is 12.4. The van der Waals surface area contributed by atoms with Crippen LogP contribution in [0.25, 0.3) is 6.08 Å². The zero-order chi connectivity index (χ0) is 20.4. The van der Waals surface area contributed by atoms with Crippen LogP contribution in [0.2, 0.25) is 0 Å². The molecule has 2 rings (SSSR count). The molecule has 0 aromatic heterocycles. The fourth-order valence-corrected chi connectivity index (χ4v) is 2.03.